The molecule has 6 heteroatoms. The minimum atomic E-state index is -0.375. The van der Waals surface area contributed by atoms with E-state index in [1.165, 1.54) is 4.68 Å². The highest BCUT2D eigenvalue weighted by atomic mass is 35.5. The van der Waals surface area contributed by atoms with E-state index in [1.54, 1.807) is 13.1 Å². The fourth-order valence-electron chi connectivity index (χ4n) is 1.25. The third-order valence-corrected chi connectivity index (χ3v) is 2.70. The normalized spacial score (nSPS) is 17.5. The lowest BCUT2D eigenvalue weighted by Gasteiger charge is -2.11. The van der Waals surface area contributed by atoms with Crippen molar-refractivity contribution in [3.63, 3.8) is 0 Å². The molecule has 1 unspecified atom stereocenters. The van der Waals surface area contributed by atoms with Crippen LogP contribution in [0.2, 0.25) is 5.02 Å². The van der Waals surface area contributed by atoms with E-state index in [-0.39, 0.29) is 17.8 Å². The van der Waals surface area contributed by atoms with E-state index < -0.39 is 0 Å². The fraction of sp³-hybridized carbons (Fsp3) is 0.556. The van der Waals surface area contributed by atoms with Gasteiger partial charge in [0.15, 0.2) is 5.82 Å². The second-order valence-corrected chi connectivity index (χ2v) is 4.21. The number of carbonyl (C=O) groups is 1. The van der Waals surface area contributed by atoms with Gasteiger partial charge in [-0.1, -0.05) is 11.6 Å². The van der Waals surface area contributed by atoms with Crippen molar-refractivity contribution in [3.8, 4) is 0 Å². The molecule has 1 aromatic rings. The molecule has 3 N–H and O–H groups in total. The lowest BCUT2D eigenvalue weighted by molar-refractivity contribution is -0.124. The summed E-state index contributed by atoms with van der Waals surface area (Å²) in [6, 6.07) is -0.0243. The molecule has 1 amide bonds. The first-order valence-corrected chi connectivity index (χ1v) is 5.26. The molecule has 82 valence electrons. The SMILES string of the molecule is CC(C(=O)NC1CC1)n1cc(Cl)c(N)n1. The van der Waals surface area contributed by atoms with E-state index in [0.717, 1.165) is 12.8 Å². The first-order chi connectivity index (χ1) is 7.08. The van der Waals surface area contributed by atoms with Crippen LogP contribution >= 0.6 is 11.6 Å². The average Bonchev–Trinajstić information content (AvgIpc) is 2.93. The zero-order chi connectivity index (χ0) is 11.0. The summed E-state index contributed by atoms with van der Waals surface area (Å²) in [4.78, 5) is 11.7. The van der Waals surface area contributed by atoms with E-state index in [1.807, 2.05) is 0 Å². The van der Waals surface area contributed by atoms with Crippen molar-refractivity contribution in [2.75, 3.05) is 5.73 Å². The van der Waals surface area contributed by atoms with Crippen molar-refractivity contribution in [2.24, 2.45) is 0 Å². The highest BCUT2D eigenvalue weighted by Crippen LogP contribution is 2.21. The molecule has 1 aliphatic carbocycles. The molecular formula is C9H13ClN4O. The Bertz CT molecular complexity index is 366. The van der Waals surface area contributed by atoms with Crippen LogP contribution in [0, 0.1) is 0 Å². The number of halogens is 1. The standard InChI is InChI=1S/C9H13ClN4O/c1-5(9(15)12-6-2-3-6)14-4-7(10)8(11)13-14/h4-6H,2-3H2,1H3,(H2,11,13)(H,12,15). The van der Waals surface area contributed by atoms with Crippen LogP contribution in [0.1, 0.15) is 25.8 Å². The van der Waals surface area contributed by atoms with Gasteiger partial charge in [-0.15, -0.1) is 0 Å². The molecule has 2 rings (SSSR count). The summed E-state index contributed by atoms with van der Waals surface area (Å²) >= 11 is 5.76. The number of carbonyl (C=O) groups excluding carboxylic acids is 1. The van der Waals surface area contributed by atoms with Crippen molar-refractivity contribution >= 4 is 23.3 Å². The number of nitrogens with two attached hydrogens (primary N) is 1. The predicted molar refractivity (Wildman–Crippen MR) is 57.5 cm³/mol. The average molecular weight is 229 g/mol. The van der Waals surface area contributed by atoms with Crippen LogP contribution in [0.15, 0.2) is 6.20 Å². The summed E-state index contributed by atoms with van der Waals surface area (Å²) in [5.74, 6) is 0.208. The molecule has 1 aliphatic rings. The van der Waals surface area contributed by atoms with Gasteiger partial charge in [0, 0.05) is 12.2 Å². The van der Waals surface area contributed by atoms with Gasteiger partial charge in [0.25, 0.3) is 0 Å². The summed E-state index contributed by atoms with van der Waals surface area (Å²) < 4.78 is 1.48. The Labute approximate surface area is 92.6 Å². The maximum absolute atomic E-state index is 11.7. The highest BCUT2D eigenvalue weighted by molar-refractivity contribution is 6.32. The Hall–Kier alpha value is -1.23. The molecule has 1 fully saturated rings. The van der Waals surface area contributed by atoms with E-state index >= 15 is 0 Å². The van der Waals surface area contributed by atoms with Crippen molar-refractivity contribution < 1.29 is 4.79 Å². The lowest BCUT2D eigenvalue weighted by atomic mass is 10.3. The molecular weight excluding hydrogens is 216 g/mol. The molecule has 15 heavy (non-hydrogen) atoms. The molecule has 0 aromatic carbocycles. The molecule has 0 bridgehead atoms. The first-order valence-electron chi connectivity index (χ1n) is 4.88. The fourth-order valence-corrected chi connectivity index (χ4v) is 1.39. The number of hydrogen-bond donors (Lipinski definition) is 2. The number of hydrogen-bond acceptors (Lipinski definition) is 3. The summed E-state index contributed by atoms with van der Waals surface area (Å²) in [5, 5.41) is 7.23. The van der Waals surface area contributed by atoms with Gasteiger partial charge in [-0.3, -0.25) is 9.48 Å². The molecule has 0 aliphatic heterocycles. The minimum Gasteiger partial charge on any atom is -0.381 e. The minimum absolute atomic E-state index is 0.0448. The molecule has 1 atom stereocenters. The Kier molecular flexibility index (Phi) is 2.56. The third kappa shape index (κ3) is 2.23. The molecule has 0 radical (unpaired) electrons. The highest BCUT2D eigenvalue weighted by Gasteiger charge is 2.26. The summed E-state index contributed by atoms with van der Waals surface area (Å²) in [5.41, 5.74) is 5.50. The molecule has 0 spiro atoms. The summed E-state index contributed by atoms with van der Waals surface area (Å²) in [6.45, 7) is 1.76. The number of amides is 1. The maximum Gasteiger partial charge on any atom is 0.244 e. The Morgan fingerprint density at radius 2 is 2.47 bits per heavy atom. The van der Waals surface area contributed by atoms with E-state index in [0.29, 0.717) is 11.1 Å². The largest absolute Gasteiger partial charge is 0.381 e. The smallest absolute Gasteiger partial charge is 0.244 e. The van der Waals surface area contributed by atoms with Gasteiger partial charge in [0.1, 0.15) is 11.1 Å². The van der Waals surface area contributed by atoms with Gasteiger partial charge in [-0.25, -0.2) is 0 Å². The van der Waals surface area contributed by atoms with Gasteiger partial charge >= 0.3 is 0 Å². The van der Waals surface area contributed by atoms with Crippen LogP contribution in [-0.4, -0.2) is 21.7 Å². The Balaban J connectivity index is 2.05. The molecule has 1 aromatic heterocycles. The van der Waals surface area contributed by atoms with Crippen LogP contribution in [0.5, 0.6) is 0 Å². The van der Waals surface area contributed by atoms with Crippen molar-refractivity contribution in [2.45, 2.75) is 31.8 Å². The number of aromatic nitrogens is 2. The van der Waals surface area contributed by atoms with Crippen LogP contribution in [0.4, 0.5) is 5.82 Å². The van der Waals surface area contributed by atoms with E-state index in [9.17, 15) is 4.79 Å². The van der Waals surface area contributed by atoms with Gasteiger partial charge in [-0.2, -0.15) is 5.10 Å². The van der Waals surface area contributed by atoms with Crippen LogP contribution in [0.25, 0.3) is 0 Å². The van der Waals surface area contributed by atoms with Gasteiger partial charge in [0.05, 0.1) is 0 Å². The number of rotatable bonds is 3. The van der Waals surface area contributed by atoms with Crippen molar-refractivity contribution in [1.29, 1.82) is 0 Å². The van der Waals surface area contributed by atoms with E-state index in [4.69, 9.17) is 17.3 Å². The monoisotopic (exact) mass is 228 g/mol. The number of nitrogen functional groups attached to an aromatic ring is 1. The van der Waals surface area contributed by atoms with Crippen LogP contribution in [-0.2, 0) is 4.79 Å². The quantitative estimate of drug-likeness (QED) is 0.809. The van der Waals surface area contributed by atoms with Crippen molar-refractivity contribution in [3.05, 3.63) is 11.2 Å². The van der Waals surface area contributed by atoms with Gasteiger partial charge in [-0.05, 0) is 19.8 Å². The molecule has 1 heterocycles. The summed E-state index contributed by atoms with van der Waals surface area (Å²) in [7, 11) is 0. The Morgan fingerprint density at radius 3 is 2.93 bits per heavy atom. The zero-order valence-corrected chi connectivity index (χ0v) is 9.16. The zero-order valence-electron chi connectivity index (χ0n) is 8.40. The van der Waals surface area contributed by atoms with E-state index in [2.05, 4.69) is 10.4 Å². The maximum atomic E-state index is 11.7. The molecule has 1 saturated carbocycles. The second kappa shape index (κ2) is 3.73. The number of nitrogens with zero attached hydrogens (tertiary/aromatic N) is 2. The predicted octanol–water partition coefficient (Wildman–Crippen LogP) is 0.958. The Morgan fingerprint density at radius 1 is 1.80 bits per heavy atom. The number of anilines is 1. The number of nitrogens with one attached hydrogen (secondary N) is 1. The topological polar surface area (TPSA) is 72.9 Å². The molecule has 0 saturated heterocycles. The first kappa shape index (κ1) is 10.3. The van der Waals surface area contributed by atoms with Gasteiger partial charge < -0.3 is 11.1 Å². The van der Waals surface area contributed by atoms with Crippen LogP contribution in [0.3, 0.4) is 0 Å². The third-order valence-electron chi connectivity index (χ3n) is 2.41. The second-order valence-electron chi connectivity index (χ2n) is 3.80. The van der Waals surface area contributed by atoms with Crippen LogP contribution < -0.4 is 11.1 Å². The van der Waals surface area contributed by atoms with Crippen molar-refractivity contribution in [1.82, 2.24) is 15.1 Å². The summed E-state index contributed by atoms with van der Waals surface area (Å²) in [6.07, 6.45) is 3.70. The lowest BCUT2D eigenvalue weighted by Crippen LogP contribution is -2.32. The van der Waals surface area contributed by atoms with Gasteiger partial charge in [0.2, 0.25) is 5.91 Å². The molecule has 5 nitrogen and oxygen atoms in total.